The van der Waals surface area contributed by atoms with Gasteiger partial charge in [-0.05, 0) is 37.3 Å². The van der Waals surface area contributed by atoms with Gasteiger partial charge in [0.1, 0.15) is 5.75 Å². The average Bonchev–Trinajstić information content (AvgIpc) is 3.24. The third-order valence-corrected chi connectivity index (χ3v) is 4.11. The average molecular weight is 401 g/mol. The molecule has 0 radical (unpaired) electrons. The van der Waals surface area contributed by atoms with Gasteiger partial charge in [-0.3, -0.25) is 0 Å². The maximum Gasteiger partial charge on any atom is 0.257 e. The van der Waals surface area contributed by atoms with Crippen molar-refractivity contribution in [2.75, 3.05) is 0 Å². The molecule has 0 aliphatic carbocycles. The van der Waals surface area contributed by atoms with E-state index in [9.17, 15) is 0 Å². The van der Waals surface area contributed by atoms with Crippen molar-refractivity contribution in [2.45, 2.75) is 13.5 Å². The van der Waals surface area contributed by atoms with Gasteiger partial charge in [-0.25, -0.2) is 4.98 Å². The number of nitrogens with two attached hydrogens (primary N) is 1. The van der Waals surface area contributed by atoms with Crippen molar-refractivity contribution in [1.29, 1.82) is 0 Å². The minimum absolute atomic E-state index is 0.00217. The molecule has 2 aromatic heterocycles. The Bertz CT molecular complexity index is 1120. The number of hydrogen-bond acceptors (Lipinski definition) is 7. The van der Waals surface area contributed by atoms with E-state index in [-0.39, 0.29) is 12.4 Å². The summed E-state index contributed by atoms with van der Waals surface area (Å²) < 4.78 is 11.2. The van der Waals surface area contributed by atoms with E-state index in [1.165, 1.54) is 0 Å². The quantitative estimate of drug-likeness (QED) is 0.282. The van der Waals surface area contributed by atoms with Gasteiger partial charge in [0.25, 0.3) is 5.89 Å². The van der Waals surface area contributed by atoms with Gasteiger partial charge in [-0.1, -0.05) is 41.1 Å². The Kier molecular flexibility index (Phi) is 5.66. The van der Waals surface area contributed by atoms with Crippen LogP contribution >= 0.6 is 0 Å². The van der Waals surface area contributed by atoms with E-state index in [1.54, 1.807) is 18.3 Å². The topological polar surface area (TPSA) is 109 Å². The van der Waals surface area contributed by atoms with E-state index >= 15 is 0 Å². The maximum absolute atomic E-state index is 5.95. The summed E-state index contributed by atoms with van der Waals surface area (Å²) in [4.78, 5) is 9.46. The standard InChI is InChI=1S/C22H19N5O3/c1-15-7-9-16(10-8-15)22-26-25-20(30-22)14-28-27-21(23)17-11-12-19(24-13-17)29-18-5-3-2-4-6-18/h2-13H,14H2,1H3,(H2,23,27). The van der Waals surface area contributed by atoms with Crippen molar-refractivity contribution in [3.05, 3.63) is 89.9 Å². The summed E-state index contributed by atoms with van der Waals surface area (Å²) in [6.45, 7) is 2.01. The SMILES string of the molecule is Cc1ccc(-c2nnc(CO/N=C(/N)c3ccc(Oc4ccccc4)nc3)o2)cc1. The Hall–Kier alpha value is -4.20. The van der Waals surface area contributed by atoms with Crippen LogP contribution < -0.4 is 10.5 Å². The predicted molar refractivity (Wildman–Crippen MR) is 111 cm³/mol. The van der Waals surface area contributed by atoms with Gasteiger partial charge in [0.05, 0.1) is 0 Å². The second kappa shape index (κ2) is 8.87. The molecule has 0 fully saturated rings. The van der Waals surface area contributed by atoms with Crippen LogP contribution in [0, 0.1) is 6.92 Å². The molecule has 0 aliphatic rings. The summed E-state index contributed by atoms with van der Waals surface area (Å²) in [7, 11) is 0. The Morgan fingerprint density at radius 3 is 2.53 bits per heavy atom. The first-order valence-corrected chi connectivity index (χ1v) is 9.21. The van der Waals surface area contributed by atoms with Crippen LogP contribution in [0.25, 0.3) is 11.5 Å². The zero-order chi connectivity index (χ0) is 20.8. The summed E-state index contributed by atoms with van der Waals surface area (Å²) >= 11 is 0. The van der Waals surface area contributed by atoms with Crippen LogP contribution in [0.15, 0.2) is 82.5 Å². The third-order valence-electron chi connectivity index (χ3n) is 4.11. The number of pyridine rings is 1. The Morgan fingerprint density at radius 1 is 1.00 bits per heavy atom. The lowest BCUT2D eigenvalue weighted by atomic mass is 10.1. The van der Waals surface area contributed by atoms with Crippen molar-refractivity contribution in [1.82, 2.24) is 15.2 Å². The summed E-state index contributed by atoms with van der Waals surface area (Å²) in [6.07, 6.45) is 1.56. The molecule has 0 spiro atoms. The normalized spacial score (nSPS) is 11.3. The molecule has 150 valence electrons. The number of rotatable bonds is 7. The number of amidine groups is 1. The Labute approximate surface area is 173 Å². The van der Waals surface area contributed by atoms with E-state index in [0.717, 1.165) is 11.1 Å². The zero-order valence-corrected chi connectivity index (χ0v) is 16.2. The Balaban J connectivity index is 1.33. The molecule has 4 rings (SSSR count). The molecule has 4 aromatic rings. The van der Waals surface area contributed by atoms with Gasteiger partial charge in [0, 0.05) is 23.4 Å². The summed E-state index contributed by atoms with van der Waals surface area (Å²) in [5.41, 5.74) is 8.54. The molecule has 2 N–H and O–H groups in total. The first-order chi connectivity index (χ1) is 14.7. The number of aryl methyl sites for hydroxylation is 1. The highest BCUT2D eigenvalue weighted by Crippen LogP contribution is 2.19. The smallest absolute Gasteiger partial charge is 0.257 e. The van der Waals surface area contributed by atoms with E-state index in [0.29, 0.717) is 29.0 Å². The lowest BCUT2D eigenvalue weighted by molar-refractivity contribution is 0.111. The molecule has 2 heterocycles. The van der Waals surface area contributed by atoms with Crippen molar-refractivity contribution in [2.24, 2.45) is 10.9 Å². The number of benzene rings is 2. The molecule has 0 amide bonds. The van der Waals surface area contributed by atoms with Gasteiger partial charge in [-0.2, -0.15) is 0 Å². The number of nitrogens with zero attached hydrogens (tertiary/aromatic N) is 4. The second-order valence-electron chi connectivity index (χ2n) is 6.42. The van der Waals surface area contributed by atoms with Crippen molar-refractivity contribution < 1.29 is 14.0 Å². The number of oxime groups is 1. The van der Waals surface area contributed by atoms with Crippen LogP contribution in [0.1, 0.15) is 17.0 Å². The molecular weight excluding hydrogens is 382 g/mol. The molecule has 8 nitrogen and oxygen atoms in total. The third kappa shape index (κ3) is 4.79. The lowest BCUT2D eigenvalue weighted by Gasteiger charge is -2.05. The van der Waals surface area contributed by atoms with Gasteiger partial charge in [0.2, 0.25) is 11.8 Å². The Morgan fingerprint density at radius 2 is 1.80 bits per heavy atom. The van der Waals surface area contributed by atoms with Gasteiger partial charge >= 0.3 is 0 Å². The molecule has 0 saturated heterocycles. The molecule has 0 aliphatic heterocycles. The number of aromatic nitrogens is 3. The van der Waals surface area contributed by atoms with Crippen molar-refractivity contribution in [3.8, 4) is 23.1 Å². The van der Waals surface area contributed by atoms with Crippen LogP contribution in [0.5, 0.6) is 11.6 Å². The maximum atomic E-state index is 5.95. The molecule has 0 atom stereocenters. The molecule has 0 unspecified atom stereocenters. The minimum Gasteiger partial charge on any atom is -0.439 e. The predicted octanol–water partition coefficient (Wildman–Crippen LogP) is 4.07. The lowest BCUT2D eigenvalue weighted by Crippen LogP contribution is -2.14. The molecule has 0 saturated carbocycles. The van der Waals surface area contributed by atoms with Crippen molar-refractivity contribution >= 4 is 5.84 Å². The fourth-order valence-electron chi connectivity index (χ4n) is 2.54. The zero-order valence-electron chi connectivity index (χ0n) is 16.2. The highest BCUT2D eigenvalue weighted by atomic mass is 16.6. The van der Waals surface area contributed by atoms with Gasteiger partial charge < -0.3 is 19.7 Å². The number of para-hydroxylation sites is 1. The molecule has 30 heavy (non-hydrogen) atoms. The number of ether oxygens (including phenoxy) is 1. The fourth-order valence-corrected chi connectivity index (χ4v) is 2.54. The summed E-state index contributed by atoms with van der Waals surface area (Å²) in [5, 5.41) is 11.9. The van der Waals surface area contributed by atoms with Gasteiger partial charge in [-0.15, -0.1) is 10.2 Å². The van der Waals surface area contributed by atoms with Gasteiger partial charge in [0.15, 0.2) is 12.4 Å². The first kappa shape index (κ1) is 19.1. The minimum atomic E-state index is 0.00217. The van der Waals surface area contributed by atoms with E-state index in [4.69, 9.17) is 19.7 Å². The summed E-state index contributed by atoms with van der Waals surface area (Å²) in [6, 6.07) is 20.6. The largest absolute Gasteiger partial charge is 0.439 e. The van der Waals surface area contributed by atoms with Crippen LogP contribution in [-0.4, -0.2) is 21.0 Å². The van der Waals surface area contributed by atoms with Crippen LogP contribution in [-0.2, 0) is 11.4 Å². The monoisotopic (exact) mass is 401 g/mol. The summed E-state index contributed by atoms with van der Waals surface area (Å²) in [5.74, 6) is 2.04. The second-order valence-corrected chi connectivity index (χ2v) is 6.42. The van der Waals surface area contributed by atoms with Crippen LogP contribution in [0.2, 0.25) is 0 Å². The highest BCUT2D eigenvalue weighted by molar-refractivity contribution is 5.96. The molecule has 8 heteroatoms. The van der Waals surface area contributed by atoms with E-state index in [2.05, 4.69) is 20.3 Å². The van der Waals surface area contributed by atoms with Crippen molar-refractivity contribution in [3.63, 3.8) is 0 Å². The van der Waals surface area contributed by atoms with Crippen LogP contribution in [0.4, 0.5) is 0 Å². The number of hydrogen-bond donors (Lipinski definition) is 1. The molecule has 2 aromatic carbocycles. The molecule has 0 bridgehead atoms. The van der Waals surface area contributed by atoms with Crippen LogP contribution in [0.3, 0.4) is 0 Å². The fraction of sp³-hybridized carbons (Fsp3) is 0.0909. The first-order valence-electron chi connectivity index (χ1n) is 9.21. The highest BCUT2D eigenvalue weighted by Gasteiger charge is 2.09. The van der Waals surface area contributed by atoms with E-state index in [1.807, 2.05) is 61.5 Å². The van der Waals surface area contributed by atoms with E-state index < -0.39 is 0 Å². The molecular formula is C22H19N5O3.